The third-order valence-corrected chi connectivity index (χ3v) is 7.53. The lowest BCUT2D eigenvalue weighted by Crippen LogP contribution is -1.94. The van der Waals surface area contributed by atoms with Crippen molar-refractivity contribution < 1.29 is 0 Å². The zero-order chi connectivity index (χ0) is 20.2. The second kappa shape index (κ2) is 6.82. The van der Waals surface area contributed by atoms with Gasteiger partial charge < -0.3 is 0 Å². The van der Waals surface area contributed by atoms with E-state index in [1.807, 2.05) is 11.3 Å². The smallest absolute Gasteiger partial charge is 0.0433 e. The van der Waals surface area contributed by atoms with E-state index in [9.17, 15) is 0 Å². The second-order valence-corrected chi connectivity index (χ2v) is 9.97. The van der Waals surface area contributed by atoms with Gasteiger partial charge in [0.05, 0.1) is 0 Å². The molecule has 1 aromatic heterocycles. The monoisotopic (exact) mass is 404 g/mol. The van der Waals surface area contributed by atoms with Gasteiger partial charge in [0.2, 0.25) is 0 Å². The normalized spacial score (nSPS) is 12.6. The van der Waals surface area contributed by atoms with Crippen molar-refractivity contribution in [1.82, 2.24) is 0 Å². The maximum absolute atomic E-state index is 2.44. The number of hydrogen-bond donors (Lipinski definition) is 0. The van der Waals surface area contributed by atoms with Crippen LogP contribution in [0, 0.1) is 5.92 Å². The van der Waals surface area contributed by atoms with Gasteiger partial charge in [-0.3, -0.25) is 0 Å². The van der Waals surface area contributed by atoms with Gasteiger partial charge in [-0.1, -0.05) is 80.6 Å². The second-order valence-electron chi connectivity index (χ2n) is 8.92. The molecule has 5 aromatic rings. The molecule has 0 N–H and O–H groups in total. The van der Waals surface area contributed by atoms with Crippen molar-refractivity contribution >= 4 is 31.5 Å². The van der Waals surface area contributed by atoms with E-state index in [0.717, 1.165) is 12.8 Å². The fourth-order valence-electron chi connectivity index (χ4n) is 4.96. The molecular weight excluding hydrogens is 380 g/mol. The van der Waals surface area contributed by atoms with E-state index in [-0.39, 0.29) is 0 Å². The highest BCUT2D eigenvalue weighted by Crippen LogP contribution is 2.43. The summed E-state index contributed by atoms with van der Waals surface area (Å²) in [6.45, 7) is 4.59. The Balaban J connectivity index is 1.51. The molecule has 6 rings (SSSR count). The first-order valence-electron chi connectivity index (χ1n) is 10.8. The van der Waals surface area contributed by atoms with E-state index in [1.165, 1.54) is 59.1 Å². The predicted molar refractivity (Wildman–Crippen MR) is 132 cm³/mol. The summed E-state index contributed by atoms with van der Waals surface area (Å²) >= 11 is 1.91. The van der Waals surface area contributed by atoms with Gasteiger partial charge in [0.25, 0.3) is 0 Å². The Bertz CT molecular complexity index is 1420. The molecule has 0 amide bonds. The maximum atomic E-state index is 2.44. The highest BCUT2D eigenvalue weighted by Gasteiger charge is 2.20. The van der Waals surface area contributed by atoms with Crippen LogP contribution in [0.4, 0.5) is 0 Å². The van der Waals surface area contributed by atoms with Crippen molar-refractivity contribution in [2.24, 2.45) is 5.92 Å². The van der Waals surface area contributed by atoms with E-state index in [1.54, 1.807) is 0 Å². The minimum atomic E-state index is 0.681. The van der Waals surface area contributed by atoms with Crippen LogP contribution in [0.15, 0.2) is 78.9 Å². The Morgan fingerprint density at radius 1 is 0.733 bits per heavy atom. The van der Waals surface area contributed by atoms with Gasteiger partial charge in [-0.15, -0.1) is 11.3 Å². The summed E-state index contributed by atoms with van der Waals surface area (Å²) in [6.07, 6.45) is 2.20. The molecule has 30 heavy (non-hydrogen) atoms. The minimum absolute atomic E-state index is 0.681. The van der Waals surface area contributed by atoms with Gasteiger partial charge in [-0.05, 0) is 69.8 Å². The van der Waals surface area contributed by atoms with Gasteiger partial charge in [0.1, 0.15) is 0 Å². The maximum Gasteiger partial charge on any atom is 0.0433 e. The quantitative estimate of drug-likeness (QED) is 0.277. The van der Waals surface area contributed by atoms with E-state index in [2.05, 4.69) is 92.7 Å². The lowest BCUT2D eigenvalue weighted by Gasteiger charge is -2.10. The van der Waals surface area contributed by atoms with Crippen LogP contribution in [-0.2, 0) is 12.8 Å². The molecule has 0 saturated heterocycles. The first kappa shape index (κ1) is 17.9. The molecule has 0 radical (unpaired) electrons. The number of hydrogen-bond acceptors (Lipinski definition) is 1. The first-order chi connectivity index (χ1) is 14.7. The van der Waals surface area contributed by atoms with Gasteiger partial charge in [0.15, 0.2) is 0 Å². The number of rotatable bonds is 3. The van der Waals surface area contributed by atoms with Crippen LogP contribution >= 0.6 is 11.3 Å². The Kier molecular flexibility index (Phi) is 4.07. The Morgan fingerprint density at radius 3 is 2.37 bits per heavy atom. The molecular formula is C29H24S. The van der Waals surface area contributed by atoms with E-state index in [4.69, 9.17) is 0 Å². The molecule has 0 atom stereocenters. The topological polar surface area (TPSA) is 0 Å². The minimum Gasteiger partial charge on any atom is -0.135 e. The van der Waals surface area contributed by atoms with Gasteiger partial charge in [-0.25, -0.2) is 0 Å². The van der Waals surface area contributed by atoms with Gasteiger partial charge in [0, 0.05) is 20.2 Å². The van der Waals surface area contributed by atoms with Crippen LogP contribution in [0.3, 0.4) is 0 Å². The largest absolute Gasteiger partial charge is 0.135 e. The standard InChI is InChI=1S/C29H24S/c1-18(2)14-19-10-11-20-16-21-12-13-22(17-27(21)26(20)15-19)23-7-5-8-25-24-6-3-4-9-28(24)30-29(23)25/h3-13,15,17-18H,14,16H2,1-2H3. The van der Waals surface area contributed by atoms with Crippen molar-refractivity contribution in [3.63, 3.8) is 0 Å². The molecule has 0 nitrogen and oxygen atoms in total. The molecule has 0 aliphatic heterocycles. The van der Waals surface area contributed by atoms with Crippen molar-refractivity contribution in [3.05, 3.63) is 95.6 Å². The van der Waals surface area contributed by atoms with Crippen LogP contribution < -0.4 is 0 Å². The molecule has 0 saturated carbocycles. The molecule has 1 aliphatic rings. The molecule has 0 unspecified atom stereocenters. The molecule has 0 fully saturated rings. The van der Waals surface area contributed by atoms with Crippen molar-refractivity contribution in [2.75, 3.05) is 0 Å². The zero-order valence-electron chi connectivity index (χ0n) is 17.4. The zero-order valence-corrected chi connectivity index (χ0v) is 18.2. The predicted octanol–water partition coefficient (Wildman–Crippen LogP) is 8.49. The number of benzene rings is 4. The number of fused-ring (bicyclic) bond motifs is 6. The summed E-state index contributed by atoms with van der Waals surface area (Å²) in [7, 11) is 0. The highest BCUT2D eigenvalue weighted by molar-refractivity contribution is 7.26. The molecule has 0 bridgehead atoms. The van der Waals surface area contributed by atoms with Crippen LogP contribution in [0.5, 0.6) is 0 Å². The van der Waals surface area contributed by atoms with Crippen LogP contribution in [0.1, 0.15) is 30.5 Å². The van der Waals surface area contributed by atoms with Crippen molar-refractivity contribution in [2.45, 2.75) is 26.7 Å². The van der Waals surface area contributed by atoms with E-state index < -0.39 is 0 Å². The Labute approximate surface area is 181 Å². The SMILES string of the molecule is CC(C)Cc1ccc2c(c1)-c1cc(-c3cccc4c3sc3ccccc34)ccc1C2. The molecule has 146 valence electrons. The third kappa shape index (κ3) is 2.80. The van der Waals surface area contributed by atoms with E-state index >= 15 is 0 Å². The summed E-state index contributed by atoms with van der Waals surface area (Å²) in [5.41, 5.74) is 9.92. The summed E-state index contributed by atoms with van der Waals surface area (Å²) in [5, 5.41) is 2.73. The fourth-order valence-corrected chi connectivity index (χ4v) is 6.19. The van der Waals surface area contributed by atoms with Crippen LogP contribution in [0.2, 0.25) is 0 Å². The molecule has 1 aliphatic carbocycles. The first-order valence-corrected chi connectivity index (χ1v) is 11.6. The van der Waals surface area contributed by atoms with E-state index in [0.29, 0.717) is 5.92 Å². The summed E-state index contributed by atoms with van der Waals surface area (Å²) in [4.78, 5) is 0. The average Bonchev–Trinajstić information content (AvgIpc) is 3.31. The van der Waals surface area contributed by atoms with Crippen molar-refractivity contribution in [1.29, 1.82) is 0 Å². The highest BCUT2D eigenvalue weighted by atomic mass is 32.1. The lowest BCUT2D eigenvalue weighted by atomic mass is 9.95. The summed E-state index contributed by atoms with van der Waals surface area (Å²) < 4.78 is 2.76. The number of thiophene rings is 1. The Hall–Kier alpha value is -2.90. The average molecular weight is 405 g/mol. The van der Waals surface area contributed by atoms with Gasteiger partial charge in [-0.2, -0.15) is 0 Å². The molecule has 4 aromatic carbocycles. The Morgan fingerprint density at radius 2 is 1.50 bits per heavy atom. The van der Waals surface area contributed by atoms with Crippen LogP contribution in [-0.4, -0.2) is 0 Å². The third-order valence-electron chi connectivity index (χ3n) is 6.31. The molecule has 0 spiro atoms. The lowest BCUT2D eigenvalue weighted by molar-refractivity contribution is 0.647. The van der Waals surface area contributed by atoms with Crippen molar-refractivity contribution in [3.8, 4) is 22.3 Å². The fraction of sp³-hybridized carbons (Fsp3) is 0.172. The van der Waals surface area contributed by atoms with Crippen LogP contribution in [0.25, 0.3) is 42.4 Å². The van der Waals surface area contributed by atoms with Gasteiger partial charge >= 0.3 is 0 Å². The molecule has 1 heteroatoms. The summed E-state index contributed by atoms with van der Waals surface area (Å²) in [6, 6.07) is 29.7. The molecule has 1 heterocycles. The summed E-state index contributed by atoms with van der Waals surface area (Å²) in [5.74, 6) is 0.681.